The number of nitrogens with zero attached hydrogens (tertiary/aromatic N) is 6. The van der Waals surface area contributed by atoms with Gasteiger partial charge in [-0.2, -0.15) is 0 Å². The summed E-state index contributed by atoms with van der Waals surface area (Å²) in [6.07, 6.45) is 6.85. The van der Waals surface area contributed by atoms with E-state index in [0.717, 1.165) is 54.2 Å². The molecule has 1 amide bonds. The molecule has 1 aliphatic heterocycles. The number of carbonyl (C=O) groups is 1. The van der Waals surface area contributed by atoms with Crippen molar-refractivity contribution in [2.45, 2.75) is 13.6 Å². The van der Waals surface area contributed by atoms with Gasteiger partial charge >= 0.3 is 0 Å². The van der Waals surface area contributed by atoms with Gasteiger partial charge < -0.3 is 25.4 Å². The maximum atomic E-state index is 13.7. The summed E-state index contributed by atoms with van der Waals surface area (Å²) in [5.41, 5.74) is 4.87. The lowest BCUT2D eigenvalue weighted by Gasteiger charge is -2.34. The van der Waals surface area contributed by atoms with Gasteiger partial charge in [-0.15, -0.1) is 0 Å². The first kappa shape index (κ1) is 25.5. The molecule has 1 saturated heterocycles. The number of carbonyl (C=O) groups excluding carboxylic acids is 1. The second-order valence-corrected chi connectivity index (χ2v) is 9.98. The van der Waals surface area contributed by atoms with E-state index in [2.05, 4.69) is 47.4 Å². The standard InChI is InChI=1S/C29H30FN9O/c1-19-3-4-22(35-28(40)21-13-20(17-30)14-23(15-21)38-11-9-37(2)10-12-38)16-25(19)36-29-32-7-8-39(29)27-24-5-6-31-26(24)33-18-34-27/h3-8,13-16,18H,9-12,17H2,1-2H3,(H,32,36)(H,35,40)(H,31,33,34). The fourth-order valence-corrected chi connectivity index (χ4v) is 4.91. The fraction of sp³-hybridized carbons (Fsp3) is 0.241. The Labute approximate surface area is 230 Å². The van der Waals surface area contributed by atoms with E-state index in [0.29, 0.717) is 28.6 Å². The van der Waals surface area contributed by atoms with Crippen LogP contribution < -0.4 is 15.5 Å². The minimum Gasteiger partial charge on any atom is -0.369 e. The average molecular weight is 540 g/mol. The highest BCUT2D eigenvalue weighted by Crippen LogP contribution is 2.28. The van der Waals surface area contributed by atoms with E-state index >= 15 is 0 Å². The quantitative estimate of drug-likeness (QED) is 0.276. The van der Waals surface area contributed by atoms with Gasteiger partial charge in [0.2, 0.25) is 5.95 Å². The Bertz CT molecular complexity index is 1670. The highest BCUT2D eigenvalue weighted by molar-refractivity contribution is 6.05. The number of amides is 1. The number of benzene rings is 2. The number of alkyl halides is 1. The lowest BCUT2D eigenvalue weighted by Crippen LogP contribution is -2.44. The zero-order valence-electron chi connectivity index (χ0n) is 22.4. The number of hydrogen-bond acceptors (Lipinski definition) is 7. The second-order valence-electron chi connectivity index (χ2n) is 9.98. The van der Waals surface area contributed by atoms with E-state index in [1.807, 2.05) is 60.3 Å². The van der Waals surface area contributed by atoms with Crippen LogP contribution in [-0.4, -0.2) is 68.5 Å². The smallest absolute Gasteiger partial charge is 0.255 e. The molecule has 11 heteroatoms. The zero-order valence-corrected chi connectivity index (χ0v) is 22.4. The summed E-state index contributed by atoms with van der Waals surface area (Å²) in [6.45, 7) is 4.86. The van der Waals surface area contributed by atoms with Gasteiger partial charge in [-0.3, -0.25) is 9.36 Å². The molecule has 0 bridgehead atoms. The highest BCUT2D eigenvalue weighted by atomic mass is 19.1. The van der Waals surface area contributed by atoms with Crippen LogP contribution in [0.5, 0.6) is 0 Å². The Morgan fingerprint density at radius 2 is 1.90 bits per heavy atom. The molecule has 5 aromatic rings. The molecule has 0 spiro atoms. The Hall–Kier alpha value is -4.77. The summed E-state index contributed by atoms with van der Waals surface area (Å²) in [5, 5.41) is 7.22. The van der Waals surface area contributed by atoms with Crippen molar-refractivity contribution in [1.29, 1.82) is 0 Å². The molecule has 3 aromatic heterocycles. The average Bonchev–Trinajstić information content (AvgIpc) is 3.64. The van der Waals surface area contributed by atoms with E-state index < -0.39 is 6.67 Å². The number of aromatic nitrogens is 5. The van der Waals surface area contributed by atoms with Crippen LogP contribution in [0.15, 0.2) is 67.4 Å². The van der Waals surface area contributed by atoms with E-state index in [4.69, 9.17) is 0 Å². The van der Waals surface area contributed by atoms with Crippen molar-refractivity contribution in [3.63, 3.8) is 0 Å². The molecule has 0 atom stereocenters. The number of hydrogen-bond donors (Lipinski definition) is 3. The second kappa shape index (κ2) is 10.8. The van der Waals surface area contributed by atoms with Gasteiger partial charge in [0, 0.05) is 67.4 Å². The van der Waals surface area contributed by atoms with Gasteiger partial charge in [0.1, 0.15) is 18.6 Å². The Morgan fingerprint density at radius 3 is 2.73 bits per heavy atom. The first-order valence-electron chi connectivity index (χ1n) is 13.1. The largest absolute Gasteiger partial charge is 0.369 e. The Morgan fingerprint density at radius 1 is 1.05 bits per heavy atom. The van der Waals surface area contributed by atoms with Crippen molar-refractivity contribution in [3.05, 3.63) is 84.1 Å². The molecule has 1 fully saturated rings. The molecule has 10 nitrogen and oxygen atoms in total. The predicted octanol–water partition coefficient (Wildman–Crippen LogP) is 4.67. The number of H-pyrrole nitrogens is 1. The van der Waals surface area contributed by atoms with Crippen molar-refractivity contribution in [2.24, 2.45) is 0 Å². The van der Waals surface area contributed by atoms with E-state index in [1.54, 1.807) is 12.3 Å². The van der Waals surface area contributed by atoms with Gasteiger partial charge in [-0.05, 0) is 61.5 Å². The maximum absolute atomic E-state index is 13.7. The number of anilines is 4. The van der Waals surface area contributed by atoms with E-state index in [9.17, 15) is 9.18 Å². The summed E-state index contributed by atoms with van der Waals surface area (Å²) in [6, 6.07) is 12.8. The van der Waals surface area contributed by atoms with Gasteiger partial charge in [0.05, 0.1) is 5.39 Å². The molecule has 204 valence electrons. The highest BCUT2D eigenvalue weighted by Gasteiger charge is 2.18. The molecular weight excluding hydrogens is 509 g/mol. The van der Waals surface area contributed by atoms with Gasteiger partial charge in [0.15, 0.2) is 5.82 Å². The van der Waals surface area contributed by atoms with Gasteiger partial charge in [-0.25, -0.2) is 19.3 Å². The minimum atomic E-state index is -0.630. The monoisotopic (exact) mass is 539 g/mol. The third-order valence-corrected chi connectivity index (χ3v) is 7.21. The molecule has 6 rings (SSSR count). The van der Waals surface area contributed by atoms with Crippen molar-refractivity contribution >= 4 is 40.0 Å². The number of fused-ring (bicyclic) bond motifs is 1. The molecule has 1 aliphatic rings. The number of aromatic amines is 1. The summed E-state index contributed by atoms with van der Waals surface area (Å²) < 4.78 is 15.6. The van der Waals surface area contributed by atoms with Crippen molar-refractivity contribution < 1.29 is 9.18 Å². The number of rotatable bonds is 7. The predicted molar refractivity (Wildman–Crippen MR) is 154 cm³/mol. The number of likely N-dealkylation sites (N-methyl/N-ethyl adjacent to an activating group) is 1. The minimum absolute atomic E-state index is 0.294. The van der Waals surface area contributed by atoms with Crippen molar-refractivity contribution in [1.82, 2.24) is 29.4 Å². The van der Waals surface area contributed by atoms with Crippen LogP contribution in [0, 0.1) is 6.92 Å². The Balaban J connectivity index is 1.24. The lowest BCUT2D eigenvalue weighted by atomic mass is 10.1. The number of imidazole rings is 1. The third kappa shape index (κ3) is 5.10. The molecule has 0 unspecified atom stereocenters. The van der Waals surface area contributed by atoms with Crippen LogP contribution in [0.25, 0.3) is 16.9 Å². The number of nitrogens with one attached hydrogen (secondary N) is 3. The molecule has 40 heavy (non-hydrogen) atoms. The van der Waals surface area contributed by atoms with Crippen molar-refractivity contribution in [3.8, 4) is 5.82 Å². The number of piperazine rings is 1. The van der Waals surface area contributed by atoms with E-state index in [-0.39, 0.29) is 5.91 Å². The summed E-state index contributed by atoms with van der Waals surface area (Å²) >= 11 is 0. The SMILES string of the molecule is Cc1ccc(NC(=O)c2cc(CF)cc(N3CCN(C)CC3)c2)cc1Nc1nccn1-c1ncnc2[nH]ccc12. The van der Waals surface area contributed by atoms with Gasteiger partial charge in [-0.1, -0.05) is 6.07 Å². The van der Waals surface area contributed by atoms with Crippen LogP contribution in [0.3, 0.4) is 0 Å². The molecule has 2 aromatic carbocycles. The number of aryl methyl sites for hydroxylation is 1. The Kier molecular flexibility index (Phi) is 6.87. The van der Waals surface area contributed by atoms with Gasteiger partial charge in [0.25, 0.3) is 5.91 Å². The molecule has 0 saturated carbocycles. The maximum Gasteiger partial charge on any atom is 0.255 e. The zero-order chi connectivity index (χ0) is 27.6. The third-order valence-electron chi connectivity index (χ3n) is 7.21. The lowest BCUT2D eigenvalue weighted by molar-refractivity contribution is 0.102. The number of halogens is 1. The first-order chi connectivity index (χ1) is 19.5. The van der Waals surface area contributed by atoms with Crippen LogP contribution in [-0.2, 0) is 6.67 Å². The van der Waals surface area contributed by atoms with E-state index in [1.165, 1.54) is 6.33 Å². The summed E-state index contributed by atoms with van der Waals surface area (Å²) in [7, 11) is 2.09. The molecule has 3 N–H and O–H groups in total. The first-order valence-corrected chi connectivity index (χ1v) is 13.1. The summed E-state index contributed by atoms with van der Waals surface area (Å²) in [5.74, 6) is 0.968. The fourth-order valence-electron chi connectivity index (χ4n) is 4.91. The normalized spacial score (nSPS) is 14.0. The van der Waals surface area contributed by atoms with Crippen LogP contribution in [0.1, 0.15) is 21.5 Å². The van der Waals surface area contributed by atoms with Crippen LogP contribution >= 0.6 is 0 Å². The summed E-state index contributed by atoms with van der Waals surface area (Å²) in [4.78, 5) is 34.1. The van der Waals surface area contributed by atoms with Crippen LogP contribution in [0.4, 0.5) is 27.4 Å². The molecule has 0 aliphatic carbocycles. The molecule has 4 heterocycles. The molecule has 0 radical (unpaired) electrons. The molecular formula is C29H30FN9O. The van der Waals surface area contributed by atoms with Crippen LogP contribution in [0.2, 0.25) is 0 Å². The topological polar surface area (TPSA) is 107 Å². The van der Waals surface area contributed by atoms with Crippen molar-refractivity contribution in [2.75, 3.05) is 48.8 Å².